The number of ether oxygens (including phenoxy) is 1. The summed E-state index contributed by atoms with van der Waals surface area (Å²) in [7, 11) is 1.59. The second kappa shape index (κ2) is 11.0. The molecule has 1 aliphatic rings. The van der Waals surface area contributed by atoms with Crippen molar-refractivity contribution in [1.29, 1.82) is 0 Å². The first kappa shape index (κ1) is 24.7. The van der Waals surface area contributed by atoms with Crippen LogP contribution in [0, 0.1) is 6.92 Å². The Labute approximate surface area is 218 Å². The summed E-state index contributed by atoms with van der Waals surface area (Å²) in [4.78, 5) is 15.3. The van der Waals surface area contributed by atoms with Gasteiger partial charge in [-0.05, 0) is 60.4 Å². The molecule has 1 unspecified atom stereocenters. The van der Waals surface area contributed by atoms with Gasteiger partial charge >= 0.3 is 0 Å². The van der Waals surface area contributed by atoms with E-state index in [2.05, 4.69) is 80.4 Å². The Hall–Kier alpha value is -3.97. The zero-order chi connectivity index (χ0) is 25.8. The van der Waals surface area contributed by atoms with Gasteiger partial charge < -0.3 is 14.6 Å². The SMILES string of the molecule is COc1cccc(C(=O)NC(C)c2nnc3n2CCN(Cc2cccc(-c4ccccc4C)c2)CC3)c1. The fraction of sp³-hybridized carbons (Fsp3) is 0.300. The molecule has 1 atom stereocenters. The van der Waals surface area contributed by atoms with Crippen molar-refractivity contribution in [3.8, 4) is 16.9 Å². The molecule has 0 saturated carbocycles. The number of carbonyl (C=O) groups excluding carboxylic acids is 1. The van der Waals surface area contributed by atoms with E-state index < -0.39 is 0 Å². The number of fused-ring (bicyclic) bond motifs is 1. The van der Waals surface area contributed by atoms with Crippen LogP contribution in [0.25, 0.3) is 11.1 Å². The lowest BCUT2D eigenvalue weighted by atomic mass is 9.99. The molecular formula is C30H33N5O2. The number of amides is 1. The molecule has 7 nitrogen and oxygen atoms in total. The van der Waals surface area contributed by atoms with Crippen LogP contribution < -0.4 is 10.1 Å². The van der Waals surface area contributed by atoms with E-state index in [-0.39, 0.29) is 11.9 Å². The molecule has 37 heavy (non-hydrogen) atoms. The molecule has 1 aliphatic heterocycles. The number of rotatable bonds is 7. The minimum absolute atomic E-state index is 0.160. The van der Waals surface area contributed by atoms with E-state index in [4.69, 9.17) is 4.74 Å². The average Bonchev–Trinajstić information content (AvgIpc) is 3.23. The van der Waals surface area contributed by atoms with Crippen LogP contribution in [-0.2, 0) is 19.5 Å². The minimum atomic E-state index is -0.266. The second-order valence-electron chi connectivity index (χ2n) is 9.59. The summed E-state index contributed by atoms with van der Waals surface area (Å²) in [5.41, 5.74) is 5.68. The first-order valence-electron chi connectivity index (χ1n) is 12.8. The van der Waals surface area contributed by atoms with Gasteiger partial charge in [0, 0.05) is 38.2 Å². The minimum Gasteiger partial charge on any atom is -0.497 e. The Bertz CT molecular complexity index is 1400. The zero-order valence-electron chi connectivity index (χ0n) is 21.6. The Morgan fingerprint density at radius 1 is 1.00 bits per heavy atom. The maximum atomic E-state index is 12.8. The third-order valence-electron chi connectivity index (χ3n) is 7.00. The topological polar surface area (TPSA) is 72.3 Å². The Balaban J connectivity index is 1.25. The summed E-state index contributed by atoms with van der Waals surface area (Å²) < 4.78 is 7.41. The quantitative estimate of drug-likeness (QED) is 0.398. The first-order chi connectivity index (χ1) is 18.0. The molecule has 0 fully saturated rings. The van der Waals surface area contributed by atoms with Crippen LogP contribution in [0.4, 0.5) is 0 Å². The van der Waals surface area contributed by atoms with Crippen LogP contribution in [-0.4, -0.2) is 45.8 Å². The standard InChI is InChI=1S/C30H33N5O2/c1-21-8-4-5-13-27(21)24-10-6-9-23(18-24)20-34-15-14-28-32-33-29(35(28)17-16-34)22(2)31-30(36)25-11-7-12-26(19-25)37-3/h4-13,18-19,22H,14-17,20H2,1-3H3,(H,31,36). The molecule has 0 aliphatic carbocycles. The highest BCUT2D eigenvalue weighted by atomic mass is 16.5. The maximum absolute atomic E-state index is 12.8. The van der Waals surface area contributed by atoms with Crippen molar-refractivity contribution in [2.24, 2.45) is 0 Å². The molecule has 1 aromatic heterocycles. The van der Waals surface area contributed by atoms with Crippen molar-refractivity contribution in [3.63, 3.8) is 0 Å². The van der Waals surface area contributed by atoms with E-state index in [0.29, 0.717) is 11.3 Å². The van der Waals surface area contributed by atoms with Gasteiger partial charge in [0.15, 0.2) is 5.82 Å². The summed E-state index contributed by atoms with van der Waals surface area (Å²) in [5.74, 6) is 2.25. The van der Waals surface area contributed by atoms with Gasteiger partial charge in [0.1, 0.15) is 11.6 Å². The predicted octanol–water partition coefficient (Wildman–Crippen LogP) is 4.81. The number of nitrogens with zero attached hydrogens (tertiary/aromatic N) is 4. The lowest BCUT2D eigenvalue weighted by molar-refractivity contribution is 0.0937. The van der Waals surface area contributed by atoms with Crippen molar-refractivity contribution >= 4 is 5.91 Å². The number of benzene rings is 3. The Morgan fingerprint density at radius 2 is 1.84 bits per heavy atom. The molecule has 7 heteroatoms. The fourth-order valence-electron chi connectivity index (χ4n) is 4.97. The number of nitrogens with one attached hydrogen (secondary N) is 1. The van der Waals surface area contributed by atoms with Crippen LogP contribution in [0.5, 0.6) is 5.75 Å². The summed E-state index contributed by atoms with van der Waals surface area (Å²) in [6, 6.07) is 24.2. The molecule has 190 valence electrons. The molecule has 3 aromatic carbocycles. The molecule has 0 radical (unpaired) electrons. The summed E-state index contributed by atoms with van der Waals surface area (Å²) in [6.07, 6.45) is 0.820. The average molecular weight is 496 g/mol. The fourth-order valence-corrected chi connectivity index (χ4v) is 4.97. The number of aryl methyl sites for hydroxylation is 1. The summed E-state index contributed by atoms with van der Waals surface area (Å²) in [6.45, 7) is 7.59. The van der Waals surface area contributed by atoms with Gasteiger partial charge in [0.25, 0.3) is 5.91 Å². The third kappa shape index (κ3) is 5.57. The Morgan fingerprint density at radius 3 is 2.68 bits per heavy atom. The highest BCUT2D eigenvalue weighted by Crippen LogP contribution is 2.25. The van der Waals surface area contributed by atoms with Crippen molar-refractivity contribution in [2.45, 2.75) is 39.4 Å². The van der Waals surface area contributed by atoms with Gasteiger partial charge in [-0.25, -0.2) is 0 Å². The zero-order valence-corrected chi connectivity index (χ0v) is 21.6. The van der Waals surface area contributed by atoms with Crippen molar-refractivity contribution in [1.82, 2.24) is 25.0 Å². The molecule has 0 bridgehead atoms. The molecule has 1 amide bonds. The number of methoxy groups -OCH3 is 1. The van der Waals surface area contributed by atoms with Gasteiger partial charge in [-0.15, -0.1) is 10.2 Å². The third-order valence-corrected chi connectivity index (χ3v) is 7.00. The number of aromatic nitrogens is 3. The van der Waals surface area contributed by atoms with E-state index >= 15 is 0 Å². The largest absolute Gasteiger partial charge is 0.497 e. The smallest absolute Gasteiger partial charge is 0.251 e. The molecular weight excluding hydrogens is 462 g/mol. The van der Waals surface area contributed by atoms with Crippen molar-refractivity contribution in [2.75, 3.05) is 20.2 Å². The van der Waals surface area contributed by atoms with E-state index in [1.807, 2.05) is 19.1 Å². The number of carbonyl (C=O) groups is 1. The van der Waals surface area contributed by atoms with Crippen LogP contribution in [0.2, 0.25) is 0 Å². The normalized spacial score (nSPS) is 14.5. The van der Waals surface area contributed by atoms with Gasteiger partial charge in [-0.1, -0.05) is 48.5 Å². The number of hydrogen-bond donors (Lipinski definition) is 1. The lowest BCUT2D eigenvalue weighted by Gasteiger charge is -2.21. The first-order valence-corrected chi connectivity index (χ1v) is 12.8. The predicted molar refractivity (Wildman–Crippen MR) is 144 cm³/mol. The molecule has 2 heterocycles. The lowest BCUT2D eigenvalue weighted by Crippen LogP contribution is -2.30. The van der Waals surface area contributed by atoms with E-state index in [1.54, 1.807) is 19.2 Å². The van der Waals surface area contributed by atoms with Gasteiger partial charge in [-0.3, -0.25) is 9.69 Å². The van der Waals surface area contributed by atoms with E-state index in [9.17, 15) is 4.79 Å². The monoisotopic (exact) mass is 495 g/mol. The van der Waals surface area contributed by atoms with Crippen LogP contribution in [0.1, 0.15) is 46.1 Å². The van der Waals surface area contributed by atoms with Crippen molar-refractivity contribution < 1.29 is 9.53 Å². The molecule has 0 spiro atoms. The van der Waals surface area contributed by atoms with Crippen LogP contribution in [0.3, 0.4) is 0 Å². The van der Waals surface area contributed by atoms with Crippen molar-refractivity contribution in [3.05, 3.63) is 101 Å². The van der Waals surface area contributed by atoms with Gasteiger partial charge in [0.05, 0.1) is 13.2 Å². The van der Waals surface area contributed by atoms with Crippen LogP contribution in [0.15, 0.2) is 72.8 Å². The molecule has 1 N–H and O–H groups in total. The highest BCUT2D eigenvalue weighted by molar-refractivity contribution is 5.94. The molecule has 5 rings (SSSR count). The Kier molecular flexibility index (Phi) is 7.32. The maximum Gasteiger partial charge on any atom is 0.251 e. The van der Waals surface area contributed by atoms with E-state index in [0.717, 1.165) is 44.2 Å². The summed E-state index contributed by atoms with van der Waals surface area (Å²) >= 11 is 0. The van der Waals surface area contributed by atoms with Gasteiger partial charge in [0.2, 0.25) is 0 Å². The molecule has 0 saturated heterocycles. The second-order valence-corrected chi connectivity index (χ2v) is 9.59. The highest BCUT2D eigenvalue weighted by Gasteiger charge is 2.23. The molecule has 4 aromatic rings. The van der Waals surface area contributed by atoms with E-state index in [1.165, 1.54) is 22.3 Å². The van der Waals surface area contributed by atoms with Crippen LogP contribution >= 0.6 is 0 Å². The van der Waals surface area contributed by atoms with Gasteiger partial charge in [-0.2, -0.15) is 0 Å². The number of hydrogen-bond acceptors (Lipinski definition) is 5. The summed E-state index contributed by atoms with van der Waals surface area (Å²) in [5, 5.41) is 12.0.